The molecule has 1 aromatic heterocycles. The van der Waals surface area contributed by atoms with Crippen LogP contribution in [0.4, 0.5) is 0 Å². The van der Waals surface area contributed by atoms with Gasteiger partial charge in [-0.3, -0.25) is 4.79 Å². The molecule has 1 aliphatic carbocycles. The van der Waals surface area contributed by atoms with Gasteiger partial charge in [-0.05, 0) is 43.9 Å². The Bertz CT molecular complexity index is 515. The predicted octanol–water partition coefficient (Wildman–Crippen LogP) is 1.39. The number of carbonyl (C=O) groups excluding carboxylic acids is 1. The van der Waals surface area contributed by atoms with Crippen molar-refractivity contribution in [1.82, 2.24) is 20.3 Å². The van der Waals surface area contributed by atoms with Crippen molar-refractivity contribution in [3.63, 3.8) is 0 Å². The standard InChI is InChI=1S/C16H26N4O3/c1-22-11-8-20-12-14(18-19-20)15(21)17-13-2-4-16(5-3-13)6-9-23-10-7-16/h12-13H,2-11H2,1H3,(H,17,21). The second kappa shape index (κ2) is 7.40. The topological polar surface area (TPSA) is 78.3 Å². The minimum atomic E-state index is -0.124. The van der Waals surface area contributed by atoms with Gasteiger partial charge in [-0.2, -0.15) is 0 Å². The first kappa shape index (κ1) is 16.4. The largest absolute Gasteiger partial charge is 0.383 e. The Kier molecular flexibility index (Phi) is 5.27. The number of aromatic nitrogens is 3. The molecule has 0 unspecified atom stereocenters. The first-order valence-electron chi connectivity index (χ1n) is 8.48. The Hall–Kier alpha value is -1.47. The number of hydrogen-bond donors (Lipinski definition) is 1. The van der Waals surface area contributed by atoms with Crippen LogP contribution in [0.1, 0.15) is 49.0 Å². The molecule has 7 nitrogen and oxygen atoms in total. The Morgan fingerprint density at radius 2 is 2.13 bits per heavy atom. The van der Waals surface area contributed by atoms with Crippen molar-refractivity contribution in [2.75, 3.05) is 26.9 Å². The number of hydrogen-bond acceptors (Lipinski definition) is 5. The van der Waals surface area contributed by atoms with Crippen molar-refractivity contribution in [3.05, 3.63) is 11.9 Å². The van der Waals surface area contributed by atoms with Gasteiger partial charge in [0, 0.05) is 26.4 Å². The smallest absolute Gasteiger partial charge is 0.273 e. The van der Waals surface area contributed by atoms with Crippen molar-refractivity contribution in [2.45, 2.75) is 51.1 Å². The summed E-state index contributed by atoms with van der Waals surface area (Å²) in [5.41, 5.74) is 0.843. The second-order valence-electron chi connectivity index (χ2n) is 6.72. The molecule has 7 heteroatoms. The van der Waals surface area contributed by atoms with E-state index in [-0.39, 0.29) is 11.9 Å². The van der Waals surface area contributed by atoms with E-state index in [4.69, 9.17) is 9.47 Å². The molecule has 2 heterocycles. The predicted molar refractivity (Wildman–Crippen MR) is 84.1 cm³/mol. The Morgan fingerprint density at radius 1 is 1.39 bits per heavy atom. The van der Waals surface area contributed by atoms with Gasteiger partial charge >= 0.3 is 0 Å². The third-order valence-electron chi connectivity index (χ3n) is 5.23. The lowest BCUT2D eigenvalue weighted by Crippen LogP contribution is -2.42. The van der Waals surface area contributed by atoms with Crippen LogP contribution in [0.15, 0.2) is 6.20 Å². The zero-order valence-electron chi connectivity index (χ0n) is 13.8. The molecule has 0 atom stereocenters. The molecule has 1 saturated heterocycles. The van der Waals surface area contributed by atoms with Crippen molar-refractivity contribution in [3.8, 4) is 0 Å². The number of rotatable bonds is 5. The van der Waals surface area contributed by atoms with E-state index in [2.05, 4.69) is 15.6 Å². The van der Waals surface area contributed by atoms with Crippen LogP contribution in [0.5, 0.6) is 0 Å². The number of methoxy groups -OCH3 is 1. The van der Waals surface area contributed by atoms with Crippen LogP contribution >= 0.6 is 0 Å². The van der Waals surface area contributed by atoms with Gasteiger partial charge in [-0.15, -0.1) is 5.10 Å². The van der Waals surface area contributed by atoms with Crippen LogP contribution < -0.4 is 5.32 Å². The minimum Gasteiger partial charge on any atom is -0.383 e. The highest BCUT2D eigenvalue weighted by Crippen LogP contribution is 2.44. The highest BCUT2D eigenvalue weighted by atomic mass is 16.5. The molecular formula is C16H26N4O3. The quantitative estimate of drug-likeness (QED) is 0.886. The van der Waals surface area contributed by atoms with Gasteiger partial charge < -0.3 is 14.8 Å². The fourth-order valence-corrected chi connectivity index (χ4v) is 3.63. The van der Waals surface area contributed by atoms with Crippen molar-refractivity contribution < 1.29 is 14.3 Å². The zero-order chi connectivity index (χ0) is 16.1. The van der Waals surface area contributed by atoms with Gasteiger partial charge in [-0.1, -0.05) is 5.21 Å². The van der Waals surface area contributed by atoms with Crippen molar-refractivity contribution >= 4 is 5.91 Å². The molecule has 3 rings (SSSR count). The molecule has 1 N–H and O–H groups in total. The molecule has 1 spiro atoms. The first-order chi connectivity index (χ1) is 11.2. The van der Waals surface area contributed by atoms with Gasteiger partial charge in [0.05, 0.1) is 19.3 Å². The summed E-state index contributed by atoms with van der Waals surface area (Å²) in [4.78, 5) is 12.3. The Balaban J connectivity index is 1.48. The summed E-state index contributed by atoms with van der Waals surface area (Å²) >= 11 is 0. The molecule has 2 aliphatic rings. The molecule has 1 saturated carbocycles. The van der Waals surface area contributed by atoms with Crippen molar-refractivity contribution in [2.24, 2.45) is 5.41 Å². The van der Waals surface area contributed by atoms with Crippen LogP contribution in [0.25, 0.3) is 0 Å². The average Bonchev–Trinajstić information content (AvgIpc) is 3.05. The number of ether oxygens (including phenoxy) is 2. The van der Waals surface area contributed by atoms with E-state index >= 15 is 0 Å². The Morgan fingerprint density at radius 3 is 2.83 bits per heavy atom. The molecule has 1 amide bonds. The lowest BCUT2D eigenvalue weighted by molar-refractivity contribution is -0.00902. The third kappa shape index (κ3) is 4.09. The number of nitrogens with one attached hydrogen (secondary N) is 1. The molecule has 23 heavy (non-hydrogen) atoms. The lowest BCUT2D eigenvalue weighted by Gasteiger charge is -2.42. The monoisotopic (exact) mass is 322 g/mol. The molecule has 1 aromatic rings. The van der Waals surface area contributed by atoms with E-state index in [1.807, 2.05) is 0 Å². The van der Waals surface area contributed by atoms with Crippen LogP contribution in [-0.4, -0.2) is 53.9 Å². The molecule has 128 valence electrons. The van der Waals surface area contributed by atoms with Gasteiger partial charge in [0.25, 0.3) is 5.91 Å². The van der Waals surface area contributed by atoms with Gasteiger partial charge in [0.15, 0.2) is 5.69 Å². The van der Waals surface area contributed by atoms with Gasteiger partial charge in [-0.25, -0.2) is 4.68 Å². The number of amides is 1. The summed E-state index contributed by atoms with van der Waals surface area (Å²) in [6.45, 7) is 2.94. The highest BCUT2D eigenvalue weighted by molar-refractivity contribution is 5.92. The molecule has 0 bridgehead atoms. The summed E-state index contributed by atoms with van der Waals surface area (Å²) in [7, 11) is 1.64. The maximum atomic E-state index is 12.3. The third-order valence-corrected chi connectivity index (χ3v) is 5.23. The van der Waals surface area contributed by atoms with Gasteiger partial charge in [0.1, 0.15) is 0 Å². The van der Waals surface area contributed by atoms with E-state index < -0.39 is 0 Å². The molecular weight excluding hydrogens is 296 g/mol. The zero-order valence-corrected chi connectivity index (χ0v) is 13.8. The van der Waals surface area contributed by atoms with Crippen LogP contribution in [0, 0.1) is 5.41 Å². The summed E-state index contributed by atoms with van der Waals surface area (Å²) in [5, 5.41) is 11.0. The van der Waals surface area contributed by atoms with E-state index in [0.717, 1.165) is 26.1 Å². The maximum absolute atomic E-state index is 12.3. The summed E-state index contributed by atoms with van der Waals surface area (Å²) in [6, 6.07) is 0.250. The molecule has 0 aromatic carbocycles. The van der Waals surface area contributed by atoms with Crippen molar-refractivity contribution in [1.29, 1.82) is 0 Å². The highest BCUT2D eigenvalue weighted by Gasteiger charge is 2.37. The second-order valence-corrected chi connectivity index (χ2v) is 6.72. The van der Waals surface area contributed by atoms with Crippen LogP contribution in [0.2, 0.25) is 0 Å². The van der Waals surface area contributed by atoms with Gasteiger partial charge in [0.2, 0.25) is 0 Å². The minimum absolute atomic E-state index is 0.124. The molecule has 0 radical (unpaired) electrons. The van der Waals surface area contributed by atoms with Crippen LogP contribution in [-0.2, 0) is 16.0 Å². The fraction of sp³-hybridized carbons (Fsp3) is 0.812. The first-order valence-corrected chi connectivity index (χ1v) is 8.48. The van der Waals surface area contributed by atoms with E-state index in [0.29, 0.717) is 24.3 Å². The normalized spacial score (nSPS) is 21.4. The van der Waals surface area contributed by atoms with Crippen LogP contribution in [0.3, 0.4) is 0 Å². The SMILES string of the molecule is COCCn1cc(C(=O)NC2CCC3(CCOCC3)CC2)nn1. The summed E-state index contributed by atoms with van der Waals surface area (Å²) < 4.78 is 12.1. The number of carbonyl (C=O) groups is 1. The average molecular weight is 322 g/mol. The van der Waals surface area contributed by atoms with E-state index in [1.54, 1.807) is 18.0 Å². The summed E-state index contributed by atoms with van der Waals surface area (Å²) in [6.07, 6.45) is 8.47. The lowest BCUT2D eigenvalue weighted by atomic mass is 9.68. The Labute approximate surface area is 136 Å². The number of nitrogens with zero attached hydrogens (tertiary/aromatic N) is 3. The molecule has 2 fully saturated rings. The maximum Gasteiger partial charge on any atom is 0.273 e. The summed E-state index contributed by atoms with van der Waals surface area (Å²) in [5.74, 6) is -0.124. The van der Waals surface area contributed by atoms with E-state index in [9.17, 15) is 4.79 Å². The molecule has 1 aliphatic heterocycles. The fourth-order valence-electron chi connectivity index (χ4n) is 3.63. The van der Waals surface area contributed by atoms with E-state index in [1.165, 1.54) is 25.7 Å².